The second-order valence-electron chi connectivity index (χ2n) is 4.79. The fourth-order valence-electron chi connectivity index (χ4n) is 2.03. The highest BCUT2D eigenvalue weighted by Gasteiger charge is 2.34. The zero-order valence-electron chi connectivity index (χ0n) is 10.3. The lowest BCUT2D eigenvalue weighted by molar-refractivity contribution is 0.0913. The van der Waals surface area contributed by atoms with Gasteiger partial charge in [0.15, 0.2) is 5.78 Å². The van der Waals surface area contributed by atoms with E-state index in [0.29, 0.717) is 5.92 Å². The molecule has 0 amide bonds. The smallest absolute Gasteiger partial charge is 0.303 e. The van der Waals surface area contributed by atoms with Crippen LogP contribution in [0.5, 0.6) is 0 Å². The Bertz CT molecular complexity index is 578. The summed E-state index contributed by atoms with van der Waals surface area (Å²) in [5.41, 5.74) is -0.787. The molecule has 92 valence electrons. The molecule has 5 nitrogen and oxygen atoms in total. The Labute approximate surface area is 98.7 Å². The molecule has 0 bridgehead atoms. The van der Waals surface area contributed by atoms with Crippen molar-refractivity contribution in [3.8, 4) is 0 Å². The van der Waals surface area contributed by atoms with Crippen LogP contribution in [-0.4, -0.2) is 14.9 Å². The van der Waals surface area contributed by atoms with Crippen LogP contribution in [-0.2, 0) is 14.1 Å². The Hall–Kier alpha value is -1.65. The average molecular weight is 236 g/mol. The van der Waals surface area contributed by atoms with Gasteiger partial charge in [0.1, 0.15) is 0 Å². The first-order chi connectivity index (χ1) is 7.93. The lowest BCUT2D eigenvalue weighted by Crippen LogP contribution is -2.40. The second kappa shape index (κ2) is 3.98. The van der Waals surface area contributed by atoms with E-state index in [4.69, 9.17) is 0 Å². The number of nitrogens with zero attached hydrogens (tertiary/aromatic N) is 2. The van der Waals surface area contributed by atoms with E-state index in [9.17, 15) is 14.4 Å². The Morgan fingerprint density at radius 2 is 1.94 bits per heavy atom. The standard InChI is InChI=1S/C12H16N2O3/c1-7(8-4-5-8)10(15)9-6-13(2)12(17)14(3)11(9)16/h6-8H,4-5H2,1-3H3. The molecule has 1 unspecified atom stereocenters. The van der Waals surface area contributed by atoms with Crippen LogP contribution in [0.15, 0.2) is 15.8 Å². The van der Waals surface area contributed by atoms with Gasteiger partial charge in [-0.2, -0.15) is 0 Å². The minimum atomic E-state index is -0.495. The molecule has 0 saturated heterocycles. The van der Waals surface area contributed by atoms with Crippen LogP contribution < -0.4 is 11.2 Å². The van der Waals surface area contributed by atoms with Crippen molar-refractivity contribution in [2.45, 2.75) is 19.8 Å². The van der Waals surface area contributed by atoms with E-state index in [2.05, 4.69) is 0 Å². The number of aryl methyl sites for hydroxylation is 1. The molecule has 1 aliphatic carbocycles. The summed E-state index contributed by atoms with van der Waals surface area (Å²) < 4.78 is 2.25. The van der Waals surface area contributed by atoms with Crippen LogP contribution in [0.2, 0.25) is 0 Å². The Kier molecular flexibility index (Phi) is 2.77. The molecular weight excluding hydrogens is 220 g/mol. The topological polar surface area (TPSA) is 61.1 Å². The van der Waals surface area contributed by atoms with Crippen molar-refractivity contribution in [3.05, 3.63) is 32.6 Å². The van der Waals surface area contributed by atoms with Crippen LogP contribution in [0.1, 0.15) is 30.1 Å². The molecule has 1 fully saturated rings. The predicted molar refractivity (Wildman–Crippen MR) is 63.1 cm³/mol. The molecule has 1 aromatic heterocycles. The third-order valence-electron chi connectivity index (χ3n) is 3.45. The van der Waals surface area contributed by atoms with Gasteiger partial charge in [0.2, 0.25) is 0 Å². The van der Waals surface area contributed by atoms with E-state index in [0.717, 1.165) is 17.4 Å². The second-order valence-corrected chi connectivity index (χ2v) is 4.79. The number of carbonyl (C=O) groups excluding carboxylic acids is 1. The van der Waals surface area contributed by atoms with Crippen molar-refractivity contribution in [2.75, 3.05) is 0 Å². The fraction of sp³-hybridized carbons (Fsp3) is 0.583. The minimum Gasteiger partial charge on any atom is -0.303 e. The molecule has 17 heavy (non-hydrogen) atoms. The average Bonchev–Trinajstić information content (AvgIpc) is 3.13. The third kappa shape index (κ3) is 1.97. The molecule has 0 spiro atoms. The van der Waals surface area contributed by atoms with Gasteiger partial charge in [-0.15, -0.1) is 0 Å². The van der Waals surface area contributed by atoms with Gasteiger partial charge in [-0.05, 0) is 18.8 Å². The maximum Gasteiger partial charge on any atom is 0.330 e. The van der Waals surface area contributed by atoms with Gasteiger partial charge in [-0.3, -0.25) is 14.2 Å². The molecule has 0 N–H and O–H groups in total. The summed E-state index contributed by atoms with van der Waals surface area (Å²) in [5, 5.41) is 0. The monoisotopic (exact) mass is 236 g/mol. The van der Waals surface area contributed by atoms with Gasteiger partial charge in [0, 0.05) is 26.2 Å². The highest BCUT2D eigenvalue weighted by molar-refractivity contribution is 5.97. The zero-order valence-corrected chi connectivity index (χ0v) is 10.3. The van der Waals surface area contributed by atoms with Crippen LogP contribution in [0.3, 0.4) is 0 Å². The van der Waals surface area contributed by atoms with E-state index in [1.807, 2.05) is 6.92 Å². The first-order valence-electron chi connectivity index (χ1n) is 5.74. The summed E-state index contributed by atoms with van der Waals surface area (Å²) in [5.74, 6) is 0.133. The molecule has 1 atom stereocenters. The van der Waals surface area contributed by atoms with Crippen molar-refractivity contribution < 1.29 is 4.79 Å². The first-order valence-corrected chi connectivity index (χ1v) is 5.74. The van der Waals surface area contributed by atoms with Crippen molar-refractivity contribution in [2.24, 2.45) is 25.9 Å². The highest BCUT2D eigenvalue weighted by Crippen LogP contribution is 2.37. The van der Waals surface area contributed by atoms with Crippen LogP contribution in [0.25, 0.3) is 0 Å². The molecule has 2 rings (SSSR count). The summed E-state index contributed by atoms with van der Waals surface area (Å²) in [6, 6.07) is 0. The van der Waals surface area contributed by atoms with Gasteiger partial charge < -0.3 is 4.57 Å². The summed E-state index contributed by atoms with van der Waals surface area (Å²) >= 11 is 0. The summed E-state index contributed by atoms with van der Waals surface area (Å²) in [6.07, 6.45) is 3.46. The summed E-state index contributed by atoms with van der Waals surface area (Å²) in [6.45, 7) is 1.85. The first kappa shape index (κ1) is 11.8. The van der Waals surface area contributed by atoms with E-state index in [-0.39, 0.29) is 17.3 Å². The highest BCUT2D eigenvalue weighted by atomic mass is 16.2. The van der Waals surface area contributed by atoms with Gasteiger partial charge in [-0.25, -0.2) is 4.79 Å². The van der Waals surface area contributed by atoms with Crippen molar-refractivity contribution in [3.63, 3.8) is 0 Å². The maximum atomic E-state index is 12.1. The van der Waals surface area contributed by atoms with Crippen LogP contribution in [0, 0.1) is 11.8 Å². The molecule has 0 aliphatic heterocycles. The van der Waals surface area contributed by atoms with Crippen molar-refractivity contribution >= 4 is 5.78 Å². The van der Waals surface area contributed by atoms with Crippen LogP contribution >= 0.6 is 0 Å². The maximum absolute atomic E-state index is 12.1. The molecular formula is C12H16N2O3. The molecule has 0 radical (unpaired) electrons. The quantitative estimate of drug-likeness (QED) is 0.710. The van der Waals surface area contributed by atoms with Gasteiger partial charge in [0.25, 0.3) is 5.56 Å². The van der Waals surface area contributed by atoms with Gasteiger partial charge in [0.05, 0.1) is 5.56 Å². The Morgan fingerprint density at radius 1 is 1.35 bits per heavy atom. The molecule has 1 aromatic rings. The number of ketones is 1. The van der Waals surface area contributed by atoms with Crippen molar-refractivity contribution in [1.29, 1.82) is 0 Å². The third-order valence-corrected chi connectivity index (χ3v) is 3.45. The number of hydrogen-bond donors (Lipinski definition) is 0. The number of carbonyl (C=O) groups is 1. The SMILES string of the molecule is CC(C(=O)c1cn(C)c(=O)n(C)c1=O)C1CC1. The molecule has 1 heterocycles. The number of hydrogen-bond acceptors (Lipinski definition) is 3. The Morgan fingerprint density at radius 3 is 2.47 bits per heavy atom. The fourth-order valence-corrected chi connectivity index (χ4v) is 2.03. The van der Waals surface area contributed by atoms with E-state index in [1.54, 1.807) is 7.05 Å². The number of Topliss-reactive ketones (excluding diaryl/α,β-unsaturated/α-hetero) is 1. The number of aromatic nitrogens is 2. The van der Waals surface area contributed by atoms with Crippen LogP contribution in [0.4, 0.5) is 0 Å². The lowest BCUT2D eigenvalue weighted by Gasteiger charge is -2.10. The van der Waals surface area contributed by atoms with Gasteiger partial charge >= 0.3 is 5.69 Å². The molecule has 1 aliphatic rings. The molecule has 0 aromatic carbocycles. The summed E-state index contributed by atoms with van der Waals surface area (Å²) in [4.78, 5) is 35.5. The van der Waals surface area contributed by atoms with E-state index >= 15 is 0 Å². The Balaban J connectivity index is 2.49. The largest absolute Gasteiger partial charge is 0.330 e. The van der Waals surface area contributed by atoms with Gasteiger partial charge in [-0.1, -0.05) is 6.92 Å². The van der Waals surface area contributed by atoms with Crippen molar-refractivity contribution in [1.82, 2.24) is 9.13 Å². The van der Waals surface area contributed by atoms with E-state index in [1.165, 1.54) is 17.8 Å². The lowest BCUT2D eigenvalue weighted by atomic mass is 9.97. The van der Waals surface area contributed by atoms with E-state index < -0.39 is 11.2 Å². The molecule has 1 saturated carbocycles. The predicted octanol–water partition coefficient (Wildman–Crippen LogP) is 0.313. The minimum absolute atomic E-state index is 0.119. The molecule has 5 heteroatoms. The summed E-state index contributed by atoms with van der Waals surface area (Å²) in [7, 11) is 2.93. The number of rotatable bonds is 3. The zero-order chi connectivity index (χ0) is 12.7. The normalized spacial score (nSPS) is 16.9.